The van der Waals surface area contributed by atoms with E-state index in [4.69, 9.17) is 4.74 Å². The van der Waals surface area contributed by atoms with Crippen LogP contribution in [0.4, 0.5) is 0 Å². The molecule has 0 spiro atoms. The molecule has 14 heavy (non-hydrogen) atoms. The van der Waals surface area contributed by atoms with Crippen LogP contribution < -0.4 is 4.74 Å². The van der Waals surface area contributed by atoms with Crippen molar-refractivity contribution < 1.29 is 4.74 Å². The van der Waals surface area contributed by atoms with Crippen LogP contribution in [0.1, 0.15) is 0 Å². The van der Waals surface area contributed by atoms with Crippen LogP contribution in [-0.4, -0.2) is 15.0 Å². The molecule has 0 aromatic carbocycles. The number of hydrogen-bond donors (Lipinski definition) is 0. The highest BCUT2D eigenvalue weighted by molar-refractivity contribution is 7.99. The predicted octanol–water partition coefficient (Wildman–Crippen LogP) is 2.13. The summed E-state index contributed by atoms with van der Waals surface area (Å²) >= 11 is 1.47. The summed E-state index contributed by atoms with van der Waals surface area (Å²) in [5.41, 5.74) is 0. The number of hydrogen-bond acceptors (Lipinski definition) is 5. The third-order valence-corrected chi connectivity index (χ3v) is 2.74. The van der Waals surface area contributed by atoms with Crippen molar-refractivity contribution in [2.75, 3.05) is 0 Å². The van der Waals surface area contributed by atoms with E-state index in [0.29, 0.717) is 5.88 Å². The lowest BCUT2D eigenvalue weighted by Crippen LogP contribution is -1.99. The summed E-state index contributed by atoms with van der Waals surface area (Å²) in [5, 5.41) is 1.60. The van der Waals surface area contributed by atoms with Gasteiger partial charge in [-0.3, -0.25) is 0 Å². The first-order valence-electron chi connectivity index (χ1n) is 4.05. The maximum atomic E-state index is 5.52. The molecule has 1 aliphatic heterocycles. The van der Waals surface area contributed by atoms with Gasteiger partial charge in [0.05, 0.1) is 0 Å². The molecule has 0 bridgehead atoms. The summed E-state index contributed by atoms with van der Waals surface area (Å²) in [6.45, 7) is 0. The van der Waals surface area contributed by atoms with Gasteiger partial charge < -0.3 is 4.74 Å². The number of aromatic nitrogens is 3. The Hall–Kier alpha value is -1.62. The molecule has 0 fully saturated rings. The Balaban J connectivity index is 2.12. The Morgan fingerprint density at radius 1 is 1.00 bits per heavy atom. The second-order valence-electron chi connectivity index (χ2n) is 2.68. The third kappa shape index (κ3) is 1.13. The van der Waals surface area contributed by atoms with E-state index in [1.54, 1.807) is 18.6 Å². The van der Waals surface area contributed by atoms with Crippen molar-refractivity contribution in [2.24, 2.45) is 0 Å². The van der Waals surface area contributed by atoms with Crippen molar-refractivity contribution in [1.29, 1.82) is 0 Å². The van der Waals surface area contributed by atoms with Gasteiger partial charge in [-0.25, -0.2) is 15.0 Å². The minimum absolute atomic E-state index is 0.554. The zero-order valence-electron chi connectivity index (χ0n) is 7.04. The van der Waals surface area contributed by atoms with Crippen molar-refractivity contribution in [2.45, 2.75) is 10.1 Å². The summed E-state index contributed by atoms with van der Waals surface area (Å²) in [6, 6.07) is 3.70. The fourth-order valence-electron chi connectivity index (χ4n) is 1.18. The predicted molar refractivity (Wildman–Crippen MR) is 50.5 cm³/mol. The largest absolute Gasteiger partial charge is 0.434 e. The van der Waals surface area contributed by atoms with E-state index in [9.17, 15) is 0 Å². The van der Waals surface area contributed by atoms with Crippen LogP contribution in [0.3, 0.4) is 0 Å². The Bertz CT molecular complexity index is 401. The molecule has 3 heterocycles. The lowest BCUT2D eigenvalue weighted by atomic mass is 10.4. The number of rotatable bonds is 0. The fraction of sp³-hybridized carbons (Fsp3) is 0. The summed E-state index contributed by atoms with van der Waals surface area (Å²) in [6.07, 6.45) is 4.99. The Kier molecular flexibility index (Phi) is 1.63. The molecule has 0 unspecified atom stereocenters. The first-order valence-corrected chi connectivity index (χ1v) is 4.87. The van der Waals surface area contributed by atoms with Crippen molar-refractivity contribution in [3.05, 3.63) is 30.7 Å². The van der Waals surface area contributed by atoms with Gasteiger partial charge in [-0.15, -0.1) is 0 Å². The molecule has 1 aliphatic rings. The van der Waals surface area contributed by atoms with E-state index < -0.39 is 0 Å². The van der Waals surface area contributed by atoms with Crippen LogP contribution in [0.5, 0.6) is 11.6 Å². The fourth-order valence-corrected chi connectivity index (χ4v) is 1.98. The van der Waals surface area contributed by atoms with Gasteiger partial charge in [-0.1, -0.05) is 0 Å². The summed E-state index contributed by atoms with van der Waals surface area (Å²) in [7, 11) is 0. The molecule has 2 aromatic rings. The standard InChI is InChI=1S/C9H5N3OS/c1-2-6-8(11-3-1)14-9-7(13-6)10-4-5-12-9/h1-5H. The van der Waals surface area contributed by atoms with Gasteiger partial charge >= 0.3 is 0 Å². The van der Waals surface area contributed by atoms with Gasteiger partial charge in [0.25, 0.3) is 5.88 Å². The third-order valence-electron chi connectivity index (χ3n) is 1.77. The maximum Gasteiger partial charge on any atom is 0.252 e. The molecule has 5 heteroatoms. The second-order valence-corrected chi connectivity index (χ2v) is 3.65. The summed E-state index contributed by atoms with van der Waals surface area (Å²) in [4.78, 5) is 12.4. The number of fused-ring (bicyclic) bond motifs is 2. The van der Waals surface area contributed by atoms with Crippen LogP contribution in [-0.2, 0) is 0 Å². The highest BCUT2D eigenvalue weighted by Crippen LogP contribution is 2.42. The highest BCUT2D eigenvalue weighted by atomic mass is 32.2. The zero-order chi connectivity index (χ0) is 9.38. The molecule has 0 saturated heterocycles. The molecular weight excluding hydrogens is 198 g/mol. The van der Waals surface area contributed by atoms with E-state index in [1.165, 1.54) is 11.8 Å². The maximum absolute atomic E-state index is 5.52. The van der Waals surface area contributed by atoms with Crippen LogP contribution >= 0.6 is 11.8 Å². The molecule has 0 saturated carbocycles. The van der Waals surface area contributed by atoms with E-state index in [1.807, 2.05) is 12.1 Å². The van der Waals surface area contributed by atoms with Gasteiger partial charge in [-0.05, 0) is 23.9 Å². The molecule has 0 amide bonds. The van der Waals surface area contributed by atoms with Gasteiger partial charge in [0.2, 0.25) is 0 Å². The average Bonchev–Trinajstić information content (AvgIpc) is 2.26. The van der Waals surface area contributed by atoms with E-state index in [-0.39, 0.29) is 0 Å². The number of nitrogens with zero attached hydrogens (tertiary/aromatic N) is 3. The monoisotopic (exact) mass is 203 g/mol. The zero-order valence-corrected chi connectivity index (χ0v) is 7.86. The van der Waals surface area contributed by atoms with Gasteiger partial charge in [0, 0.05) is 18.6 Å². The number of pyridine rings is 1. The molecule has 0 atom stereocenters. The van der Waals surface area contributed by atoms with Crippen LogP contribution in [0.15, 0.2) is 40.8 Å². The van der Waals surface area contributed by atoms with Crippen molar-refractivity contribution >= 4 is 11.8 Å². The van der Waals surface area contributed by atoms with Crippen LogP contribution in [0, 0.1) is 0 Å². The molecular formula is C9H5N3OS. The van der Waals surface area contributed by atoms with Gasteiger partial charge in [0.15, 0.2) is 10.8 Å². The second kappa shape index (κ2) is 2.95. The lowest BCUT2D eigenvalue weighted by Gasteiger charge is -2.15. The SMILES string of the molecule is c1cnc2c(c1)Oc1nccnc1S2. The van der Waals surface area contributed by atoms with Crippen LogP contribution in [0.2, 0.25) is 0 Å². The molecule has 0 aliphatic carbocycles. The summed E-state index contributed by atoms with van der Waals surface area (Å²) < 4.78 is 5.52. The lowest BCUT2D eigenvalue weighted by molar-refractivity contribution is 0.423. The Labute approximate surface area is 84.4 Å². The van der Waals surface area contributed by atoms with Gasteiger partial charge in [-0.2, -0.15) is 0 Å². The minimum Gasteiger partial charge on any atom is -0.434 e. The Morgan fingerprint density at radius 2 is 1.86 bits per heavy atom. The molecule has 2 aromatic heterocycles. The number of ether oxygens (including phenoxy) is 1. The average molecular weight is 203 g/mol. The van der Waals surface area contributed by atoms with E-state index >= 15 is 0 Å². The van der Waals surface area contributed by atoms with Crippen LogP contribution in [0.25, 0.3) is 0 Å². The molecule has 68 valence electrons. The van der Waals surface area contributed by atoms with Crippen molar-refractivity contribution in [3.63, 3.8) is 0 Å². The molecule has 4 nitrogen and oxygen atoms in total. The minimum atomic E-state index is 0.554. The molecule has 0 radical (unpaired) electrons. The Morgan fingerprint density at radius 3 is 2.86 bits per heavy atom. The van der Waals surface area contributed by atoms with Crippen molar-refractivity contribution in [3.8, 4) is 11.6 Å². The normalized spacial score (nSPS) is 12.6. The molecule has 0 N–H and O–H groups in total. The first kappa shape index (κ1) is 7.75. The quantitative estimate of drug-likeness (QED) is 0.560. The van der Waals surface area contributed by atoms with E-state index in [0.717, 1.165) is 15.8 Å². The topological polar surface area (TPSA) is 47.9 Å². The van der Waals surface area contributed by atoms with Crippen molar-refractivity contribution in [1.82, 2.24) is 15.0 Å². The summed E-state index contributed by atoms with van der Waals surface area (Å²) in [5.74, 6) is 1.29. The highest BCUT2D eigenvalue weighted by Gasteiger charge is 2.19. The smallest absolute Gasteiger partial charge is 0.252 e. The molecule has 3 rings (SSSR count). The van der Waals surface area contributed by atoms with Gasteiger partial charge in [0.1, 0.15) is 5.03 Å². The van der Waals surface area contributed by atoms with E-state index in [2.05, 4.69) is 15.0 Å². The first-order chi connectivity index (χ1) is 6.93.